The summed E-state index contributed by atoms with van der Waals surface area (Å²) in [5, 5.41) is 4.95. The molecule has 3 aromatic heterocycles. The van der Waals surface area contributed by atoms with Gasteiger partial charge in [-0.3, -0.25) is 9.36 Å². The normalized spacial score (nSPS) is 11.6. The molecule has 8 heteroatoms. The fraction of sp³-hybridized carbons (Fsp3) is 0.0870. The van der Waals surface area contributed by atoms with Crippen molar-refractivity contribution in [1.82, 2.24) is 19.2 Å². The molecule has 0 aliphatic rings. The van der Waals surface area contributed by atoms with Gasteiger partial charge in [-0.15, -0.1) is 0 Å². The predicted octanol–water partition coefficient (Wildman–Crippen LogP) is 4.23. The Hall–Kier alpha value is -4.07. The van der Waals surface area contributed by atoms with Crippen LogP contribution in [0.3, 0.4) is 0 Å². The molecule has 2 N–H and O–H groups in total. The molecule has 0 unspecified atom stereocenters. The van der Waals surface area contributed by atoms with Crippen molar-refractivity contribution >= 4 is 22.4 Å². The van der Waals surface area contributed by atoms with Crippen LogP contribution in [-0.2, 0) is 6.54 Å². The first-order valence-corrected chi connectivity index (χ1v) is 9.63. The molecule has 0 aliphatic heterocycles. The molecular formula is C23H17F2N5O. The van der Waals surface area contributed by atoms with Gasteiger partial charge in [0.2, 0.25) is 0 Å². The highest BCUT2D eigenvalue weighted by atomic mass is 19.3. The van der Waals surface area contributed by atoms with Gasteiger partial charge in [-0.2, -0.15) is 5.10 Å². The lowest BCUT2D eigenvalue weighted by molar-refractivity contribution is 0.126. The van der Waals surface area contributed by atoms with Crippen LogP contribution in [0.15, 0.2) is 77.7 Å². The number of benzene rings is 2. The number of nitrogens with zero attached hydrogens (tertiary/aromatic N) is 4. The number of halogens is 2. The molecule has 5 aromatic rings. The maximum atomic E-state index is 13.3. The smallest absolute Gasteiger partial charge is 0.261 e. The van der Waals surface area contributed by atoms with Crippen LogP contribution < -0.4 is 11.3 Å². The molecule has 0 saturated carbocycles. The summed E-state index contributed by atoms with van der Waals surface area (Å²) in [6.07, 6.45) is -1.03. The number of pyridine rings is 1. The maximum Gasteiger partial charge on any atom is 0.261 e. The Morgan fingerprint density at radius 1 is 0.935 bits per heavy atom. The van der Waals surface area contributed by atoms with E-state index in [9.17, 15) is 13.6 Å². The van der Waals surface area contributed by atoms with Gasteiger partial charge in [0.1, 0.15) is 11.5 Å². The fourth-order valence-corrected chi connectivity index (χ4v) is 3.70. The van der Waals surface area contributed by atoms with E-state index in [1.807, 2.05) is 42.5 Å². The number of aromatic nitrogens is 4. The molecule has 5 rings (SSSR count). The van der Waals surface area contributed by atoms with Crippen LogP contribution in [0.2, 0.25) is 0 Å². The first-order valence-electron chi connectivity index (χ1n) is 9.63. The van der Waals surface area contributed by atoms with Gasteiger partial charge in [0.05, 0.1) is 23.1 Å². The van der Waals surface area contributed by atoms with E-state index in [-0.39, 0.29) is 0 Å². The lowest BCUT2D eigenvalue weighted by atomic mass is 10.1. The van der Waals surface area contributed by atoms with E-state index < -0.39 is 18.5 Å². The van der Waals surface area contributed by atoms with Crippen LogP contribution in [0, 0.1) is 0 Å². The summed E-state index contributed by atoms with van der Waals surface area (Å²) >= 11 is 0. The van der Waals surface area contributed by atoms with Crippen molar-refractivity contribution in [2.45, 2.75) is 13.0 Å². The average Bonchev–Trinajstić information content (AvgIpc) is 3.23. The van der Waals surface area contributed by atoms with Crippen molar-refractivity contribution in [2.75, 3.05) is 5.73 Å². The average molecular weight is 417 g/mol. The lowest BCUT2D eigenvalue weighted by Gasteiger charge is -2.11. The van der Waals surface area contributed by atoms with Crippen LogP contribution in [0.25, 0.3) is 38.9 Å². The number of rotatable bonds is 4. The number of anilines is 1. The third-order valence-electron chi connectivity index (χ3n) is 5.18. The molecule has 0 fully saturated rings. The zero-order valence-electron chi connectivity index (χ0n) is 16.2. The van der Waals surface area contributed by atoms with Gasteiger partial charge in [0.15, 0.2) is 0 Å². The molecular weight excluding hydrogens is 400 g/mol. The molecule has 3 heterocycles. The van der Waals surface area contributed by atoms with Gasteiger partial charge in [0.25, 0.3) is 12.0 Å². The Balaban J connectivity index is 1.81. The molecule has 0 atom stereocenters. The molecule has 0 spiro atoms. The summed E-state index contributed by atoms with van der Waals surface area (Å²) in [7, 11) is 0. The van der Waals surface area contributed by atoms with Crippen molar-refractivity contribution in [2.24, 2.45) is 0 Å². The van der Waals surface area contributed by atoms with E-state index >= 15 is 0 Å². The predicted molar refractivity (Wildman–Crippen MR) is 116 cm³/mol. The second kappa shape index (κ2) is 7.32. The topological polar surface area (TPSA) is 78.2 Å². The fourth-order valence-electron chi connectivity index (χ4n) is 3.70. The van der Waals surface area contributed by atoms with E-state index in [0.29, 0.717) is 28.1 Å². The second-order valence-corrected chi connectivity index (χ2v) is 7.18. The quantitative estimate of drug-likeness (QED) is 0.475. The van der Waals surface area contributed by atoms with Crippen LogP contribution in [0.1, 0.15) is 0 Å². The van der Waals surface area contributed by atoms with Crippen LogP contribution in [0.5, 0.6) is 0 Å². The van der Waals surface area contributed by atoms with Crippen LogP contribution in [-0.4, -0.2) is 25.6 Å². The number of nitrogen functional groups attached to an aromatic ring is 1. The van der Waals surface area contributed by atoms with Crippen molar-refractivity contribution in [3.05, 3.63) is 83.3 Å². The number of nitrogens with two attached hydrogens (primary N) is 1. The minimum atomic E-state index is -2.67. The van der Waals surface area contributed by atoms with Crippen LogP contribution in [0.4, 0.5) is 14.6 Å². The largest absolute Gasteiger partial charge is 0.384 e. The van der Waals surface area contributed by atoms with Gasteiger partial charge in [-0.25, -0.2) is 18.3 Å². The summed E-state index contributed by atoms with van der Waals surface area (Å²) in [4.78, 5) is 17.2. The van der Waals surface area contributed by atoms with Crippen molar-refractivity contribution in [3.8, 4) is 22.4 Å². The van der Waals surface area contributed by atoms with E-state index in [1.54, 1.807) is 35.0 Å². The van der Waals surface area contributed by atoms with Gasteiger partial charge < -0.3 is 5.73 Å². The summed E-state index contributed by atoms with van der Waals surface area (Å²) in [6, 6.07) is 19.8. The molecule has 0 saturated heterocycles. The molecule has 0 amide bonds. The highest BCUT2D eigenvalue weighted by molar-refractivity contribution is 5.86. The van der Waals surface area contributed by atoms with Crippen LogP contribution >= 0.6 is 0 Å². The van der Waals surface area contributed by atoms with Crippen molar-refractivity contribution in [3.63, 3.8) is 0 Å². The maximum absolute atomic E-state index is 13.3. The van der Waals surface area contributed by atoms with E-state index in [2.05, 4.69) is 10.1 Å². The Kier molecular flexibility index (Phi) is 4.47. The Bertz CT molecular complexity index is 1460. The summed E-state index contributed by atoms with van der Waals surface area (Å²) in [5.74, 6) is 0.404. The number of fused-ring (bicyclic) bond motifs is 3. The third kappa shape index (κ3) is 3.31. The van der Waals surface area contributed by atoms with Crippen molar-refractivity contribution < 1.29 is 8.78 Å². The van der Waals surface area contributed by atoms with Gasteiger partial charge in [-0.1, -0.05) is 36.4 Å². The van der Waals surface area contributed by atoms with Gasteiger partial charge in [0, 0.05) is 23.4 Å². The zero-order valence-corrected chi connectivity index (χ0v) is 16.2. The molecule has 0 radical (unpaired) electrons. The Morgan fingerprint density at radius 3 is 2.42 bits per heavy atom. The molecule has 6 nitrogen and oxygen atoms in total. The van der Waals surface area contributed by atoms with Crippen molar-refractivity contribution in [1.29, 1.82) is 0 Å². The number of hydrogen-bond donors (Lipinski definition) is 1. The van der Waals surface area contributed by atoms with E-state index in [1.165, 1.54) is 0 Å². The number of alkyl halides is 2. The molecule has 154 valence electrons. The third-order valence-corrected chi connectivity index (χ3v) is 5.18. The standard InChI is InChI=1S/C23H17F2N5O/c24-20(25)13-29-22-11-18(14-4-2-1-3-5-14)28-30(22)19-10-15(6-8-17(19)23(29)31)16-7-9-21(26)27-12-16/h1-12,20H,13H2,(H2,26,27). The minimum Gasteiger partial charge on any atom is -0.384 e. The van der Waals surface area contributed by atoms with Gasteiger partial charge in [-0.05, 0) is 29.8 Å². The highest BCUT2D eigenvalue weighted by Crippen LogP contribution is 2.26. The summed E-state index contributed by atoms with van der Waals surface area (Å²) < 4.78 is 29.2. The lowest BCUT2D eigenvalue weighted by Crippen LogP contribution is -2.25. The zero-order chi connectivity index (χ0) is 21.5. The summed E-state index contributed by atoms with van der Waals surface area (Å²) in [5.41, 5.74) is 9.08. The Morgan fingerprint density at radius 2 is 1.71 bits per heavy atom. The first kappa shape index (κ1) is 18.9. The monoisotopic (exact) mass is 417 g/mol. The Labute approximate surface area is 175 Å². The first-order chi connectivity index (χ1) is 15.0. The second-order valence-electron chi connectivity index (χ2n) is 7.18. The SMILES string of the molecule is Nc1ccc(-c2ccc3c(=O)n(CC(F)F)c4cc(-c5ccccc5)nn4c3c2)cn1. The van der Waals surface area contributed by atoms with E-state index in [4.69, 9.17) is 5.73 Å². The van der Waals surface area contributed by atoms with Gasteiger partial charge >= 0.3 is 0 Å². The molecule has 2 aromatic carbocycles. The molecule has 31 heavy (non-hydrogen) atoms. The number of hydrogen-bond acceptors (Lipinski definition) is 4. The van der Waals surface area contributed by atoms with E-state index in [0.717, 1.165) is 21.3 Å². The molecule has 0 bridgehead atoms. The minimum absolute atomic E-state index is 0.308. The summed E-state index contributed by atoms with van der Waals surface area (Å²) in [6.45, 7) is -0.707. The molecule has 0 aliphatic carbocycles. The highest BCUT2D eigenvalue weighted by Gasteiger charge is 2.18.